The molecule has 0 amide bonds. The van der Waals surface area contributed by atoms with Crippen LogP contribution in [0.5, 0.6) is 0 Å². The maximum atomic E-state index is 4.64. The molecule has 0 bridgehead atoms. The second kappa shape index (κ2) is 5.94. The Bertz CT molecular complexity index is 1380. The van der Waals surface area contributed by atoms with Gasteiger partial charge in [0, 0.05) is 40.6 Å². The maximum absolute atomic E-state index is 4.64. The van der Waals surface area contributed by atoms with Gasteiger partial charge in [0.2, 0.25) is 0 Å². The standard InChI is InChI=1S/C22H13N5S/c1-2-6-18-16(4-1)17-5-3-11-24-20(17)27(18)15-9-7-14(8-10-15)21-26-19-22(28-21)25-13-12-23-19/h1-13H. The summed E-state index contributed by atoms with van der Waals surface area (Å²) in [4.78, 5) is 18.7. The van der Waals surface area contributed by atoms with Crippen molar-refractivity contribution in [3.8, 4) is 16.3 Å². The van der Waals surface area contributed by atoms with Gasteiger partial charge in [-0.1, -0.05) is 29.5 Å². The highest BCUT2D eigenvalue weighted by atomic mass is 32.1. The molecule has 6 aromatic rings. The van der Waals surface area contributed by atoms with Crippen LogP contribution in [0.4, 0.5) is 0 Å². The molecule has 0 saturated heterocycles. The summed E-state index contributed by atoms with van der Waals surface area (Å²) in [6.45, 7) is 0. The molecule has 6 rings (SSSR count). The first-order valence-electron chi connectivity index (χ1n) is 8.91. The number of nitrogens with zero attached hydrogens (tertiary/aromatic N) is 5. The number of rotatable bonds is 2. The number of pyridine rings is 1. The van der Waals surface area contributed by atoms with Crippen molar-refractivity contribution >= 4 is 43.8 Å². The minimum atomic E-state index is 0.693. The summed E-state index contributed by atoms with van der Waals surface area (Å²) in [7, 11) is 0. The third kappa shape index (κ3) is 2.25. The Balaban J connectivity index is 1.52. The molecule has 5 nitrogen and oxygen atoms in total. The SMILES string of the molecule is c1ccc2c(c1)c1cccnc1n2-c1ccc(-c2nc3nccnc3s2)cc1. The topological polar surface area (TPSA) is 56.5 Å². The molecule has 6 heteroatoms. The average molecular weight is 379 g/mol. The predicted octanol–water partition coefficient (Wildman–Crippen LogP) is 5.25. The summed E-state index contributed by atoms with van der Waals surface area (Å²) in [6, 6.07) is 20.9. The van der Waals surface area contributed by atoms with Gasteiger partial charge in [0.1, 0.15) is 10.7 Å². The summed E-state index contributed by atoms with van der Waals surface area (Å²) in [5.74, 6) is 0. The van der Waals surface area contributed by atoms with E-state index in [0.29, 0.717) is 5.65 Å². The maximum Gasteiger partial charge on any atom is 0.190 e. The Hall–Kier alpha value is -3.64. The van der Waals surface area contributed by atoms with E-state index >= 15 is 0 Å². The van der Waals surface area contributed by atoms with E-state index in [4.69, 9.17) is 0 Å². The molecule has 0 N–H and O–H groups in total. The zero-order chi connectivity index (χ0) is 18.5. The lowest BCUT2D eigenvalue weighted by Gasteiger charge is -2.07. The predicted molar refractivity (Wildman–Crippen MR) is 113 cm³/mol. The Morgan fingerprint density at radius 2 is 1.54 bits per heavy atom. The van der Waals surface area contributed by atoms with Crippen molar-refractivity contribution in [2.75, 3.05) is 0 Å². The molecule has 2 aromatic carbocycles. The van der Waals surface area contributed by atoms with Crippen molar-refractivity contribution in [2.24, 2.45) is 0 Å². The van der Waals surface area contributed by atoms with Gasteiger partial charge in [0.05, 0.1) is 5.52 Å². The second-order valence-electron chi connectivity index (χ2n) is 6.48. The summed E-state index contributed by atoms with van der Waals surface area (Å²) in [5.41, 5.74) is 4.94. The Morgan fingerprint density at radius 3 is 2.43 bits per heavy atom. The number of benzene rings is 2. The first-order valence-corrected chi connectivity index (χ1v) is 9.73. The third-order valence-corrected chi connectivity index (χ3v) is 5.86. The fourth-order valence-corrected chi connectivity index (χ4v) is 4.48. The smallest absolute Gasteiger partial charge is 0.190 e. The van der Waals surface area contributed by atoms with Crippen LogP contribution in [-0.2, 0) is 0 Å². The van der Waals surface area contributed by atoms with E-state index in [-0.39, 0.29) is 0 Å². The van der Waals surface area contributed by atoms with Crippen LogP contribution in [0.1, 0.15) is 0 Å². The minimum absolute atomic E-state index is 0.693. The molecule has 132 valence electrons. The van der Waals surface area contributed by atoms with Gasteiger partial charge in [-0.05, 0) is 42.5 Å². The second-order valence-corrected chi connectivity index (χ2v) is 7.46. The van der Waals surface area contributed by atoms with Crippen molar-refractivity contribution in [1.29, 1.82) is 0 Å². The van der Waals surface area contributed by atoms with Gasteiger partial charge in [-0.15, -0.1) is 0 Å². The van der Waals surface area contributed by atoms with Gasteiger partial charge in [0.25, 0.3) is 0 Å². The van der Waals surface area contributed by atoms with E-state index in [1.54, 1.807) is 23.7 Å². The molecule has 0 aliphatic heterocycles. The van der Waals surface area contributed by atoms with Crippen LogP contribution in [0.25, 0.3) is 48.7 Å². The third-order valence-electron chi connectivity index (χ3n) is 4.85. The largest absolute Gasteiger partial charge is 0.294 e. The molecule has 0 unspecified atom stereocenters. The summed E-state index contributed by atoms with van der Waals surface area (Å²) < 4.78 is 2.20. The molecule has 0 fully saturated rings. The zero-order valence-electron chi connectivity index (χ0n) is 14.6. The number of fused-ring (bicyclic) bond motifs is 4. The van der Waals surface area contributed by atoms with Crippen molar-refractivity contribution in [3.63, 3.8) is 0 Å². The van der Waals surface area contributed by atoms with Gasteiger partial charge < -0.3 is 0 Å². The van der Waals surface area contributed by atoms with E-state index in [1.165, 1.54) is 5.39 Å². The van der Waals surface area contributed by atoms with Crippen molar-refractivity contribution < 1.29 is 0 Å². The Labute approximate surface area is 164 Å². The molecule has 0 atom stereocenters. The average Bonchev–Trinajstić information content (AvgIpc) is 3.33. The highest BCUT2D eigenvalue weighted by molar-refractivity contribution is 7.21. The van der Waals surface area contributed by atoms with Crippen molar-refractivity contribution in [1.82, 2.24) is 24.5 Å². The molecule has 0 radical (unpaired) electrons. The van der Waals surface area contributed by atoms with E-state index in [9.17, 15) is 0 Å². The quantitative estimate of drug-likeness (QED) is 0.412. The number of thiazole rings is 1. The fourth-order valence-electron chi connectivity index (χ4n) is 3.61. The van der Waals surface area contributed by atoms with Gasteiger partial charge in [-0.25, -0.2) is 19.9 Å². The first-order chi connectivity index (χ1) is 13.9. The molecule has 0 aliphatic rings. The van der Waals surface area contributed by atoms with Crippen LogP contribution in [-0.4, -0.2) is 24.5 Å². The van der Waals surface area contributed by atoms with E-state index in [1.807, 2.05) is 12.3 Å². The number of hydrogen-bond acceptors (Lipinski definition) is 5. The summed E-state index contributed by atoms with van der Waals surface area (Å²) in [6.07, 6.45) is 5.21. The molecule has 0 spiro atoms. The Kier molecular flexibility index (Phi) is 3.27. The van der Waals surface area contributed by atoms with Crippen LogP contribution in [0.15, 0.2) is 79.3 Å². The molecule has 4 heterocycles. The summed E-state index contributed by atoms with van der Waals surface area (Å²) >= 11 is 1.55. The minimum Gasteiger partial charge on any atom is -0.294 e. The van der Waals surface area contributed by atoms with Crippen LogP contribution in [0.3, 0.4) is 0 Å². The lowest BCUT2D eigenvalue weighted by molar-refractivity contribution is 1.14. The first kappa shape index (κ1) is 15.4. The van der Waals surface area contributed by atoms with Crippen molar-refractivity contribution in [2.45, 2.75) is 0 Å². The molecule has 28 heavy (non-hydrogen) atoms. The highest BCUT2D eigenvalue weighted by Crippen LogP contribution is 2.32. The van der Waals surface area contributed by atoms with Gasteiger partial charge >= 0.3 is 0 Å². The lowest BCUT2D eigenvalue weighted by Crippen LogP contribution is -1.95. The molecule has 0 aliphatic carbocycles. The zero-order valence-corrected chi connectivity index (χ0v) is 15.5. The van der Waals surface area contributed by atoms with E-state index in [2.05, 4.69) is 79.1 Å². The van der Waals surface area contributed by atoms with E-state index in [0.717, 1.165) is 37.6 Å². The molecule has 4 aromatic heterocycles. The molecular formula is C22H13N5S. The number of aromatic nitrogens is 5. The van der Waals surface area contributed by atoms with Crippen LogP contribution in [0, 0.1) is 0 Å². The van der Waals surface area contributed by atoms with E-state index < -0.39 is 0 Å². The summed E-state index contributed by atoms with van der Waals surface area (Å²) in [5, 5.41) is 3.29. The Morgan fingerprint density at radius 1 is 0.714 bits per heavy atom. The van der Waals surface area contributed by atoms with Crippen LogP contribution < -0.4 is 0 Å². The van der Waals surface area contributed by atoms with Crippen LogP contribution in [0.2, 0.25) is 0 Å². The van der Waals surface area contributed by atoms with Crippen molar-refractivity contribution in [3.05, 3.63) is 79.3 Å². The molecule has 0 saturated carbocycles. The highest BCUT2D eigenvalue weighted by Gasteiger charge is 2.13. The van der Waals surface area contributed by atoms with Gasteiger partial charge in [-0.2, -0.15) is 0 Å². The number of para-hydroxylation sites is 1. The lowest BCUT2D eigenvalue weighted by atomic mass is 10.2. The monoisotopic (exact) mass is 379 g/mol. The molecular weight excluding hydrogens is 366 g/mol. The van der Waals surface area contributed by atoms with Gasteiger partial charge in [-0.3, -0.25) is 4.57 Å². The van der Waals surface area contributed by atoms with Crippen LogP contribution >= 0.6 is 11.3 Å². The van der Waals surface area contributed by atoms with Gasteiger partial charge in [0.15, 0.2) is 10.5 Å². The normalized spacial score (nSPS) is 11.6. The number of hydrogen-bond donors (Lipinski definition) is 0. The fraction of sp³-hybridized carbons (Fsp3) is 0.